The van der Waals surface area contributed by atoms with Crippen molar-refractivity contribution in [3.05, 3.63) is 59.3 Å². The molecule has 0 atom stereocenters. The van der Waals surface area contributed by atoms with E-state index in [0.29, 0.717) is 5.82 Å². The minimum absolute atomic E-state index is 0.120. The molecule has 0 saturated heterocycles. The summed E-state index contributed by atoms with van der Waals surface area (Å²) in [5.74, 6) is 0.460. The van der Waals surface area contributed by atoms with Crippen LogP contribution in [0.1, 0.15) is 53.4 Å². The van der Waals surface area contributed by atoms with Crippen LogP contribution in [0.15, 0.2) is 59.3 Å². The molecule has 3 heteroatoms. The van der Waals surface area contributed by atoms with Crippen LogP contribution in [0.25, 0.3) is 0 Å². The monoisotopic (exact) mass is 312 g/mol. The lowest BCUT2D eigenvalue weighted by Gasteiger charge is -2.03. The number of amides is 1. The van der Waals surface area contributed by atoms with Crippen LogP contribution in [0.2, 0.25) is 0 Å². The third kappa shape index (κ3) is 9.46. The summed E-state index contributed by atoms with van der Waals surface area (Å²) in [5.41, 5.74) is 3.86. The maximum Gasteiger partial charge on any atom is 0.249 e. The van der Waals surface area contributed by atoms with Gasteiger partial charge in [-0.1, -0.05) is 34.9 Å². The Kier molecular flexibility index (Phi) is 8.66. The lowest BCUT2D eigenvalue weighted by Crippen LogP contribution is -2.09. The van der Waals surface area contributed by atoms with Crippen LogP contribution in [0, 0.1) is 0 Å². The van der Waals surface area contributed by atoms with Gasteiger partial charge in [0.1, 0.15) is 5.82 Å². The quantitative estimate of drug-likeness (QED) is 0.513. The Morgan fingerprint density at radius 1 is 1.04 bits per heavy atom. The third-order valence-electron chi connectivity index (χ3n) is 3.42. The van der Waals surface area contributed by atoms with Crippen molar-refractivity contribution in [1.82, 2.24) is 4.98 Å². The number of rotatable bonds is 8. The summed E-state index contributed by atoms with van der Waals surface area (Å²) >= 11 is 0. The fraction of sp³-hybridized carbons (Fsp3) is 0.400. The van der Waals surface area contributed by atoms with Gasteiger partial charge in [-0.05, 0) is 65.5 Å². The van der Waals surface area contributed by atoms with Gasteiger partial charge >= 0.3 is 0 Å². The number of aromatic nitrogens is 1. The molecule has 0 bridgehead atoms. The van der Waals surface area contributed by atoms with E-state index >= 15 is 0 Å². The van der Waals surface area contributed by atoms with Gasteiger partial charge in [0.15, 0.2) is 0 Å². The summed E-state index contributed by atoms with van der Waals surface area (Å²) < 4.78 is 0. The number of anilines is 1. The Balaban J connectivity index is 2.36. The predicted octanol–water partition coefficient (Wildman–Crippen LogP) is 5.44. The maximum atomic E-state index is 11.9. The molecule has 23 heavy (non-hydrogen) atoms. The molecule has 0 spiro atoms. The van der Waals surface area contributed by atoms with Gasteiger partial charge in [0.2, 0.25) is 5.91 Å². The Morgan fingerprint density at radius 3 is 2.39 bits per heavy atom. The largest absolute Gasteiger partial charge is 0.307 e. The molecule has 0 aliphatic heterocycles. The molecule has 0 fully saturated rings. The van der Waals surface area contributed by atoms with Crippen molar-refractivity contribution >= 4 is 11.7 Å². The number of pyridine rings is 1. The van der Waals surface area contributed by atoms with E-state index in [2.05, 4.69) is 43.2 Å². The fourth-order valence-corrected chi connectivity index (χ4v) is 2.13. The van der Waals surface area contributed by atoms with E-state index in [1.807, 2.05) is 19.1 Å². The maximum absolute atomic E-state index is 11.9. The van der Waals surface area contributed by atoms with E-state index in [9.17, 15) is 4.79 Å². The lowest BCUT2D eigenvalue weighted by atomic mass is 10.1. The van der Waals surface area contributed by atoms with E-state index in [-0.39, 0.29) is 5.91 Å². The molecule has 0 aliphatic rings. The van der Waals surface area contributed by atoms with Crippen LogP contribution < -0.4 is 5.32 Å². The van der Waals surface area contributed by atoms with E-state index < -0.39 is 0 Å². The standard InChI is InChI=1S/C20H28N2O/c1-16(2)9-7-10-17(3)11-8-12-18(4)15-20(23)22-19-13-5-6-14-21-19/h5-6,9,11,13-15H,7-8,10,12H2,1-4H3,(H,21,22,23)/b17-11+,18-15+. The highest BCUT2D eigenvalue weighted by atomic mass is 16.1. The van der Waals surface area contributed by atoms with Crippen LogP contribution in [0.3, 0.4) is 0 Å². The van der Waals surface area contributed by atoms with Crippen LogP contribution in [-0.4, -0.2) is 10.9 Å². The smallest absolute Gasteiger partial charge is 0.249 e. The third-order valence-corrected chi connectivity index (χ3v) is 3.42. The van der Waals surface area contributed by atoms with Crippen molar-refractivity contribution in [2.45, 2.75) is 53.4 Å². The van der Waals surface area contributed by atoms with E-state index in [1.54, 1.807) is 18.3 Å². The SMILES string of the molecule is CC(C)=CCC/C(C)=C/CC/C(C)=C/C(=O)Nc1ccccn1. The molecule has 1 amide bonds. The number of nitrogens with zero attached hydrogens (tertiary/aromatic N) is 1. The van der Waals surface area contributed by atoms with Crippen LogP contribution in [0.5, 0.6) is 0 Å². The second-order valence-electron chi connectivity index (χ2n) is 6.10. The van der Waals surface area contributed by atoms with Gasteiger partial charge in [-0.25, -0.2) is 4.98 Å². The number of carbonyl (C=O) groups is 1. The highest BCUT2D eigenvalue weighted by Crippen LogP contribution is 2.11. The highest BCUT2D eigenvalue weighted by molar-refractivity contribution is 5.99. The van der Waals surface area contributed by atoms with Crippen LogP contribution >= 0.6 is 0 Å². The zero-order chi connectivity index (χ0) is 17.1. The van der Waals surface area contributed by atoms with Gasteiger partial charge in [-0.3, -0.25) is 4.79 Å². The van der Waals surface area contributed by atoms with Gasteiger partial charge in [0.25, 0.3) is 0 Å². The Hall–Kier alpha value is -2.16. The van der Waals surface area contributed by atoms with Gasteiger partial charge in [0.05, 0.1) is 0 Å². The zero-order valence-corrected chi connectivity index (χ0v) is 14.7. The molecule has 1 heterocycles. The first-order valence-corrected chi connectivity index (χ1v) is 8.15. The molecule has 1 aromatic rings. The highest BCUT2D eigenvalue weighted by Gasteiger charge is 2.00. The molecule has 1 aromatic heterocycles. The van der Waals surface area contributed by atoms with Gasteiger partial charge in [-0.2, -0.15) is 0 Å². The van der Waals surface area contributed by atoms with E-state index in [4.69, 9.17) is 0 Å². The molecule has 124 valence electrons. The zero-order valence-electron chi connectivity index (χ0n) is 14.7. The first kappa shape index (κ1) is 18.9. The molecule has 3 nitrogen and oxygen atoms in total. The molecular formula is C20H28N2O. The molecule has 1 rings (SSSR count). The fourth-order valence-electron chi connectivity index (χ4n) is 2.13. The molecular weight excluding hydrogens is 284 g/mol. The van der Waals surface area contributed by atoms with Gasteiger partial charge in [0, 0.05) is 12.3 Å². The Labute approximate surface area is 140 Å². The molecule has 0 radical (unpaired) electrons. The van der Waals surface area contributed by atoms with Crippen molar-refractivity contribution in [3.8, 4) is 0 Å². The molecule has 0 aliphatic carbocycles. The average Bonchev–Trinajstić information content (AvgIpc) is 2.47. The van der Waals surface area contributed by atoms with Crippen LogP contribution in [-0.2, 0) is 4.79 Å². The second kappa shape index (κ2) is 10.5. The lowest BCUT2D eigenvalue weighted by molar-refractivity contribution is -0.112. The molecule has 0 saturated carbocycles. The minimum Gasteiger partial charge on any atom is -0.307 e. The van der Waals surface area contributed by atoms with E-state index in [1.165, 1.54) is 11.1 Å². The topological polar surface area (TPSA) is 42.0 Å². The molecule has 1 N–H and O–H groups in total. The normalized spacial score (nSPS) is 12.0. The molecule has 0 aromatic carbocycles. The van der Waals surface area contributed by atoms with Crippen molar-refractivity contribution in [2.75, 3.05) is 5.32 Å². The number of carbonyl (C=O) groups excluding carboxylic acids is 1. The predicted molar refractivity (Wildman–Crippen MR) is 98.3 cm³/mol. The number of hydrogen-bond donors (Lipinski definition) is 1. The van der Waals surface area contributed by atoms with Gasteiger partial charge in [-0.15, -0.1) is 0 Å². The van der Waals surface area contributed by atoms with Crippen molar-refractivity contribution in [3.63, 3.8) is 0 Å². The van der Waals surface area contributed by atoms with Crippen molar-refractivity contribution in [1.29, 1.82) is 0 Å². The van der Waals surface area contributed by atoms with Crippen LogP contribution in [0.4, 0.5) is 5.82 Å². The second-order valence-corrected chi connectivity index (χ2v) is 6.10. The first-order valence-electron chi connectivity index (χ1n) is 8.15. The Morgan fingerprint density at radius 2 is 1.74 bits per heavy atom. The summed E-state index contributed by atoms with van der Waals surface area (Å²) in [4.78, 5) is 16.0. The summed E-state index contributed by atoms with van der Waals surface area (Å²) in [6.07, 6.45) is 11.9. The van der Waals surface area contributed by atoms with Gasteiger partial charge < -0.3 is 5.32 Å². The van der Waals surface area contributed by atoms with Crippen molar-refractivity contribution in [2.24, 2.45) is 0 Å². The average molecular weight is 312 g/mol. The Bertz CT molecular complexity index is 579. The number of allylic oxidation sites excluding steroid dienone is 5. The minimum atomic E-state index is -0.120. The first-order chi connectivity index (χ1) is 11.0. The summed E-state index contributed by atoms with van der Waals surface area (Å²) in [6.45, 7) is 8.42. The van der Waals surface area contributed by atoms with Crippen molar-refractivity contribution < 1.29 is 4.79 Å². The summed E-state index contributed by atoms with van der Waals surface area (Å²) in [5, 5.41) is 2.76. The molecule has 0 unspecified atom stereocenters. The number of nitrogens with one attached hydrogen (secondary N) is 1. The number of hydrogen-bond acceptors (Lipinski definition) is 2. The van der Waals surface area contributed by atoms with E-state index in [0.717, 1.165) is 31.3 Å². The summed E-state index contributed by atoms with van der Waals surface area (Å²) in [6, 6.07) is 5.45. The summed E-state index contributed by atoms with van der Waals surface area (Å²) in [7, 11) is 0.